The number of halogens is 1. The average Bonchev–Trinajstić information content (AvgIpc) is 3.54. The largest absolute Gasteiger partial charge is 0.493 e. The van der Waals surface area contributed by atoms with Crippen molar-refractivity contribution in [3.63, 3.8) is 0 Å². The number of hydrogen-bond donors (Lipinski definition) is 1. The van der Waals surface area contributed by atoms with E-state index >= 15 is 0 Å². The van der Waals surface area contributed by atoms with Crippen molar-refractivity contribution >= 4 is 57.8 Å². The summed E-state index contributed by atoms with van der Waals surface area (Å²) in [5.74, 6) is 1.39. The van der Waals surface area contributed by atoms with Gasteiger partial charge in [0.05, 0.1) is 16.5 Å². The lowest BCUT2D eigenvalue weighted by molar-refractivity contribution is -0.128. The number of carbonyl (C=O) groups is 2. The molecule has 0 unspecified atom stereocenters. The van der Waals surface area contributed by atoms with Crippen LogP contribution >= 0.6 is 35.6 Å². The first-order valence-corrected chi connectivity index (χ1v) is 12.2. The summed E-state index contributed by atoms with van der Waals surface area (Å²) >= 11 is 12.7. The van der Waals surface area contributed by atoms with Crippen LogP contribution in [0.25, 0.3) is 17.4 Å². The van der Waals surface area contributed by atoms with E-state index in [0.717, 1.165) is 40.6 Å². The number of rotatable bonds is 6. The molecule has 1 aromatic heterocycles. The Morgan fingerprint density at radius 1 is 1.21 bits per heavy atom. The van der Waals surface area contributed by atoms with Crippen LogP contribution in [-0.4, -0.2) is 34.2 Å². The molecule has 2 aliphatic rings. The van der Waals surface area contributed by atoms with Crippen molar-refractivity contribution in [3.05, 3.63) is 81.4 Å². The van der Waals surface area contributed by atoms with Crippen molar-refractivity contribution in [1.29, 1.82) is 0 Å². The normalized spacial score (nSPS) is 16.1. The summed E-state index contributed by atoms with van der Waals surface area (Å²) in [6, 6.07) is 16.8. The third-order valence-corrected chi connectivity index (χ3v) is 7.17. The van der Waals surface area contributed by atoms with Crippen molar-refractivity contribution in [1.82, 2.24) is 10.2 Å². The maximum atomic E-state index is 12.9. The highest BCUT2D eigenvalue weighted by Gasteiger charge is 2.33. The van der Waals surface area contributed by atoms with Gasteiger partial charge in [-0.15, -0.1) is 0 Å². The van der Waals surface area contributed by atoms with Crippen molar-refractivity contribution < 1.29 is 18.7 Å². The molecule has 1 saturated heterocycles. The van der Waals surface area contributed by atoms with Crippen LogP contribution in [0.2, 0.25) is 5.02 Å². The van der Waals surface area contributed by atoms with Crippen LogP contribution in [0, 0.1) is 0 Å². The number of furan rings is 1. The quantitative estimate of drug-likeness (QED) is 0.369. The lowest BCUT2D eigenvalue weighted by Gasteiger charge is -2.14. The van der Waals surface area contributed by atoms with Crippen LogP contribution in [0.15, 0.2) is 63.9 Å². The number of fused-ring (bicyclic) bond motifs is 1. The second kappa shape index (κ2) is 9.66. The predicted octanol–water partition coefficient (Wildman–Crippen LogP) is 5.05. The summed E-state index contributed by atoms with van der Waals surface area (Å²) in [6.07, 6.45) is 2.50. The Kier molecular flexibility index (Phi) is 6.45. The third kappa shape index (κ3) is 4.75. The Balaban J connectivity index is 1.21. The minimum absolute atomic E-state index is 0.140. The molecule has 2 amide bonds. The van der Waals surface area contributed by atoms with Crippen LogP contribution in [0.4, 0.5) is 0 Å². The number of benzene rings is 2. The van der Waals surface area contributed by atoms with E-state index in [1.807, 2.05) is 36.4 Å². The molecular formula is C25H19ClN2O4S2. The predicted molar refractivity (Wildman–Crippen MR) is 137 cm³/mol. The van der Waals surface area contributed by atoms with Gasteiger partial charge in [-0.25, -0.2) is 0 Å². The molecule has 34 heavy (non-hydrogen) atoms. The zero-order valence-corrected chi connectivity index (χ0v) is 20.3. The number of nitrogens with one attached hydrogen (secondary N) is 1. The monoisotopic (exact) mass is 510 g/mol. The molecular weight excluding hydrogens is 492 g/mol. The highest BCUT2D eigenvalue weighted by Crippen LogP contribution is 2.34. The summed E-state index contributed by atoms with van der Waals surface area (Å²) in [7, 11) is 0. The van der Waals surface area contributed by atoms with Gasteiger partial charge >= 0.3 is 0 Å². The van der Waals surface area contributed by atoms with Crippen LogP contribution in [0.1, 0.15) is 16.9 Å². The van der Waals surface area contributed by atoms with E-state index in [1.165, 1.54) is 4.90 Å². The lowest BCUT2D eigenvalue weighted by Crippen LogP contribution is -2.39. The first kappa shape index (κ1) is 22.7. The van der Waals surface area contributed by atoms with Crippen molar-refractivity contribution in [3.8, 4) is 17.1 Å². The minimum atomic E-state index is -0.324. The number of thioether (sulfide) groups is 1. The van der Waals surface area contributed by atoms with Crippen LogP contribution < -0.4 is 10.1 Å². The second-order valence-electron chi connectivity index (χ2n) is 7.77. The van der Waals surface area contributed by atoms with E-state index in [-0.39, 0.29) is 18.4 Å². The van der Waals surface area contributed by atoms with Gasteiger partial charge in [0.1, 0.15) is 28.1 Å². The molecule has 3 aromatic rings. The second-order valence-corrected chi connectivity index (χ2v) is 9.85. The number of hydrogen-bond acceptors (Lipinski definition) is 6. The van der Waals surface area contributed by atoms with E-state index in [2.05, 4.69) is 5.32 Å². The molecule has 0 saturated carbocycles. The van der Waals surface area contributed by atoms with E-state index in [4.69, 9.17) is 33.0 Å². The number of amides is 2. The zero-order valence-electron chi connectivity index (χ0n) is 17.9. The number of ether oxygens (including phenoxy) is 1. The fraction of sp³-hybridized carbons (Fsp3) is 0.160. The molecule has 2 aliphatic heterocycles. The first-order valence-electron chi connectivity index (χ1n) is 10.6. The van der Waals surface area contributed by atoms with Crippen molar-refractivity contribution in [2.45, 2.75) is 13.0 Å². The number of carbonyl (C=O) groups excluding carboxylic acids is 2. The van der Waals surface area contributed by atoms with Gasteiger partial charge in [0.15, 0.2) is 0 Å². The first-order chi connectivity index (χ1) is 16.5. The summed E-state index contributed by atoms with van der Waals surface area (Å²) < 4.78 is 11.7. The fourth-order valence-electron chi connectivity index (χ4n) is 3.75. The Bertz CT molecular complexity index is 1330. The molecule has 1 fully saturated rings. The Morgan fingerprint density at radius 3 is 2.91 bits per heavy atom. The summed E-state index contributed by atoms with van der Waals surface area (Å²) in [4.78, 5) is 27.1. The van der Waals surface area contributed by atoms with E-state index in [0.29, 0.717) is 38.9 Å². The molecule has 6 nitrogen and oxygen atoms in total. The molecule has 5 rings (SSSR count). The molecule has 9 heteroatoms. The summed E-state index contributed by atoms with van der Waals surface area (Å²) in [5.41, 5.74) is 2.89. The molecule has 3 heterocycles. The molecule has 0 aliphatic carbocycles. The zero-order chi connectivity index (χ0) is 23.7. The average molecular weight is 511 g/mol. The summed E-state index contributed by atoms with van der Waals surface area (Å²) in [6.45, 7) is 0.916. The molecule has 2 aromatic carbocycles. The molecule has 1 N–H and O–H groups in total. The summed E-state index contributed by atoms with van der Waals surface area (Å²) in [5, 5.41) is 3.43. The molecule has 0 spiro atoms. The van der Waals surface area contributed by atoms with Gasteiger partial charge in [-0.2, -0.15) is 0 Å². The maximum absolute atomic E-state index is 12.9. The maximum Gasteiger partial charge on any atom is 0.266 e. The number of nitrogens with zero attached hydrogens (tertiary/aromatic N) is 1. The fourth-order valence-corrected chi connectivity index (χ4v) is 5.22. The minimum Gasteiger partial charge on any atom is -0.493 e. The molecule has 172 valence electrons. The van der Waals surface area contributed by atoms with Gasteiger partial charge in [-0.1, -0.05) is 59.8 Å². The molecule has 0 atom stereocenters. The van der Waals surface area contributed by atoms with Crippen molar-refractivity contribution in [2.75, 3.05) is 13.2 Å². The lowest BCUT2D eigenvalue weighted by atomic mass is 10.1. The van der Waals surface area contributed by atoms with Gasteiger partial charge in [0.2, 0.25) is 5.91 Å². The standard InChI is InChI=1S/C25H19ClN2O4S2/c26-19-4-2-1-3-18(19)21-8-6-17(32-21)12-22-24(30)28(25(33)34-22)14-23(29)27-13-15-5-7-20-16(11-15)9-10-31-20/h1-8,11-12H,9-10,13-14H2,(H,27,29). The van der Waals surface area contributed by atoms with Gasteiger partial charge in [0, 0.05) is 24.6 Å². The number of thiocarbonyl (C=S) groups is 1. The Morgan fingerprint density at radius 2 is 2.06 bits per heavy atom. The Labute approximate surface area is 210 Å². The van der Waals surface area contributed by atoms with Crippen molar-refractivity contribution in [2.24, 2.45) is 0 Å². The van der Waals surface area contributed by atoms with E-state index in [1.54, 1.807) is 24.3 Å². The van der Waals surface area contributed by atoms with Gasteiger partial charge in [0.25, 0.3) is 5.91 Å². The van der Waals surface area contributed by atoms with Gasteiger partial charge in [-0.05, 0) is 41.5 Å². The SMILES string of the molecule is O=C(CN1C(=O)C(=Cc2ccc(-c3ccccc3Cl)o2)SC1=S)NCc1ccc2c(c1)CCO2. The highest BCUT2D eigenvalue weighted by molar-refractivity contribution is 8.26. The smallest absolute Gasteiger partial charge is 0.266 e. The van der Waals surface area contributed by atoms with Gasteiger partial charge in [-0.3, -0.25) is 14.5 Å². The van der Waals surface area contributed by atoms with E-state index in [9.17, 15) is 9.59 Å². The Hall–Kier alpha value is -3.07. The topological polar surface area (TPSA) is 71.8 Å². The van der Waals surface area contributed by atoms with Crippen LogP contribution in [-0.2, 0) is 22.6 Å². The molecule has 0 radical (unpaired) electrons. The van der Waals surface area contributed by atoms with Crippen LogP contribution in [0.3, 0.4) is 0 Å². The van der Waals surface area contributed by atoms with Gasteiger partial charge < -0.3 is 14.5 Å². The van der Waals surface area contributed by atoms with Crippen LogP contribution in [0.5, 0.6) is 5.75 Å². The molecule has 0 bridgehead atoms. The highest BCUT2D eigenvalue weighted by atomic mass is 35.5. The van der Waals surface area contributed by atoms with E-state index < -0.39 is 0 Å². The third-order valence-electron chi connectivity index (χ3n) is 5.46.